The maximum atomic E-state index is 12.3. The van der Waals surface area contributed by atoms with Crippen LogP contribution in [-0.2, 0) is 9.84 Å². The highest BCUT2D eigenvalue weighted by molar-refractivity contribution is 7.94. The first-order valence-corrected chi connectivity index (χ1v) is 8.06. The number of hydrogen-bond donors (Lipinski definition) is 0. The molecule has 0 amide bonds. The van der Waals surface area contributed by atoms with Gasteiger partial charge in [0.2, 0.25) is 0 Å². The third-order valence-corrected chi connectivity index (χ3v) is 4.36. The summed E-state index contributed by atoms with van der Waals surface area (Å²) >= 11 is 0. The second-order valence-corrected chi connectivity index (χ2v) is 6.35. The lowest BCUT2D eigenvalue weighted by Crippen LogP contribution is -2.03. The molecule has 2 aromatic carbocycles. The number of benzene rings is 2. The average molecular weight is 355 g/mol. The minimum atomic E-state index is -3.89. The number of nitro groups is 1. The molecule has 24 heavy (non-hydrogen) atoms. The fraction of sp³-hybridized carbons (Fsp3) is 0.0667. The molecule has 0 atom stereocenters. The van der Waals surface area contributed by atoms with Gasteiger partial charge in [-0.2, -0.15) is 8.78 Å². The summed E-state index contributed by atoms with van der Waals surface area (Å²) in [6.07, 6.45) is 1.12. The van der Waals surface area contributed by atoms with Crippen molar-refractivity contribution in [1.29, 1.82) is 0 Å². The number of alkyl halides is 2. The number of hydrogen-bond acceptors (Lipinski definition) is 5. The minimum absolute atomic E-state index is 0.156. The van der Waals surface area contributed by atoms with Crippen LogP contribution in [0.4, 0.5) is 14.5 Å². The van der Waals surface area contributed by atoms with Crippen molar-refractivity contribution in [2.75, 3.05) is 0 Å². The summed E-state index contributed by atoms with van der Waals surface area (Å²) in [5.74, 6) is -0.164. The van der Waals surface area contributed by atoms with Gasteiger partial charge in [-0.1, -0.05) is 18.2 Å². The van der Waals surface area contributed by atoms with Crippen molar-refractivity contribution in [3.8, 4) is 5.75 Å². The quantitative estimate of drug-likeness (QED) is 0.583. The molecule has 0 aliphatic rings. The molecular weight excluding hydrogens is 344 g/mol. The second kappa shape index (κ2) is 7.18. The zero-order chi connectivity index (χ0) is 17.7. The Bertz CT molecular complexity index is 864. The largest absolute Gasteiger partial charge is 0.434 e. The molecule has 126 valence electrons. The van der Waals surface area contributed by atoms with Gasteiger partial charge in [-0.25, -0.2) is 8.42 Å². The molecule has 0 unspecified atom stereocenters. The Morgan fingerprint density at radius 2 is 1.71 bits per heavy atom. The van der Waals surface area contributed by atoms with Gasteiger partial charge in [0.05, 0.1) is 9.82 Å². The Morgan fingerprint density at radius 1 is 1.08 bits per heavy atom. The highest BCUT2D eigenvalue weighted by atomic mass is 32.2. The molecule has 0 aliphatic heterocycles. The van der Waals surface area contributed by atoms with Crippen LogP contribution in [0, 0.1) is 10.1 Å². The Balaban J connectivity index is 2.29. The number of ether oxygens (including phenoxy) is 1. The summed E-state index contributed by atoms with van der Waals surface area (Å²) in [6, 6.07) is 10.0. The lowest BCUT2D eigenvalue weighted by atomic mass is 10.2. The van der Waals surface area contributed by atoms with E-state index in [0.29, 0.717) is 0 Å². The van der Waals surface area contributed by atoms with E-state index in [4.69, 9.17) is 0 Å². The van der Waals surface area contributed by atoms with Gasteiger partial charge >= 0.3 is 6.61 Å². The third-order valence-electron chi connectivity index (χ3n) is 2.94. The molecule has 0 bridgehead atoms. The van der Waals surface area contributed by atoms with Crippen LogP contribution >= 0.6 is 0 Å². The van der Waals surface area contributed by atoms with E-state index in [1.54, 1.807) is 0 Å². The lowest BCUT2D eigenvalue weighted by Gasteiger charge is -2.07. The molecule has 2 rings (SSSR count). The maximum absolute atomic E-state index is 12.3. The number of nitro benzene ring substituents is 1. The number of nitrogens with zero attached hydrogens (tertiary/aromatic N) is 1. The minimum Gasteiger partial charge on any atom is -0.434 e. The summed E-state index contributed by atoms with van der Waals surface area (Å²) in [6.45, 7) is -3.04. The summed E-state index contributed by atoms with van der Waals surface area (Å²) in [5.41, 5.74) is -0.0862. The Hall–Kier alpha value is -2.81. The van der Waals surface area contributed by atoms with E-state index >= 15 is 0 Å². The van der Waals surface area contributed by atoms with Gasteiger partial charge in [-0.15, -0.1) is 0 Å². The van der Waals surface area contributed by atoms with Crippen LogP contribution < -0.4 is 4.74 Å². The van der Waals surface area contributed by atoms with Gasteiger partial charge in [0, 0.05) is 23.1 Å². The predicted molar refractivity (Wildman–Crippen MR) is 82.4 cm³/mol. The molecule has 0 radical (unpaired) electrons. The van der Waals surface area contributed by atoms with E-state index in [1.807, 2.05) is 0 Å². The highest BCUT2D eigenvalue weighted by Gasteiger charge is 2.14. The second-order valence-electron chi connectivity index (χ2n) is 4.52. The molecule has 0 saturated carbocycles. The van der Waals surface area contributed by atoms with E-state index in [2.05, 4.69) is 4.74 Å². The Morgan fingerprint density at radius 3 is 2.29 bits per heavy atom. The molecular formula is C15H11F2NO5S. The number of para-hydroxylation sites is 1. The van der Waals surface area contributed by atoms with Crippen LogP contribution in [0.3, 0.4) is 0 Å². The molecule has 0 spiro atoms. The number of sulfone groups is 1. The SMILES string of the molecule is O=[N+]([O-])c1ccc(S(=O)(=O)/C=C/c2ccccc2OC(F)F)cc1. The van der Waals surface area contributed by atoms with Crippen molar-refractivity contribution >= 4 is 21.6 Å². The van der Waals surface area contributed by atoms with E-state index in [1.165, 1.54) is 24.3 Å². The first kappa shape index (κ1) is 17.5. The van der Waals surface area contributed by atoms with Gasteiger partial charge < -0.3 is 4.74 Å². The molecule has 2 aromatic rings. The number of non-ortho nitro benzene ring substituents is 1. The van der Waals surface area contributed by atoms with E-state index in [9.17, 15) is 27.3 Å². The zero-order valence-corrected chi connectivity index (χ0v) is 12.8. The number of rotatable bonds is 6. The summed E-state index contributed by atoms with van der Waals surface area (Å²) in [7, 11) is -3.89. The van der Waals surface area contributed by atoms with E-state index < -0.39 is 21.4 Å². The molecule has 9 heteroatoms. The summed E-state index contributed by atoms with van der Waals surface area (Å²) in [5, 5.41) is 11.4. The average Bonchev–Trinajstić information content (AvgIpc) is 2.53. The molecule has 0 aliphatic carbocycles. The lowest BCUT2D eigenvalue weighted by molar-refractivity contribution is -0.384. The van der Waals surface area contributed by atoms with Crippen molar-refractivity contribution < 1.29 is 26.9 Å². The standard InChI is InChI=1S/C15H11F2NO5S/c16-15(17)23-14-4-2-1-3-11(14)9-10-24(21,22)13-7-5-12(6-8-13)18(19)20/h1-10,15H/b10-9+. The molecule has 6 nitrogen and oxygen atoms in total. The Kier molecular flexibility index (Phi) is 5.24. The van der Waals surface area contributed by atoms with E-state index in [0.717, 1.165) is 35.7 Å². The number of halogens is 2. The zero-order valence-electron chi connectivity index (χ0n) is 12.0. The van der Waals surface area contributed by atoms with Crippen molar-refractivity contribution in [3.05, 3.63) is 69.6 Å². The van der Waals surface area contributed by atoms with Crippen LogP contribution in [0.2, 0.25) is 0 Å². The van der Waals surface area contributed by atoms with Crippen molar-refractivity contribution in [2.24, 2.45) is 0 Å². The van der Waals surface area contributed by atoms with Crippen LogP contribution in [-0.4, -0.2) is 20.0 Å². The van der Waals surface area contributed by atoms with Gasteiger partial charge in [0.25, 0.3) is 5.69 Å². The molecule has 0 N–H and O–H groups in total. The summed E-state index contributed by atoms with van der Waals surface area (Å²) < 4.78 is 53.3. The van der Waals surface area contributed by atoms with Crippen LogP contribution in [0.5, 0.6) is 5.75 Å². The van der Waals surface area contributed by atoms with Crippen LogP contribution in [0.25, 0.3) is 6.08 Å². The monoisotopic (exact) mass is 355 g/mol. The summed E-state index contributed by atoms with van der Waals surface area (Å²) in [4.78, 5) is 9.76. The molecule has 0 heterocycles. The van der Waals surface area contributed by atoms with Crippen molar-refractivity contribution in [2.45, 2.75) is 11.5 Å². The maximum Gasteiger partial charge on any atom is 0.387 e. The Labute approximate surface area is 136 Å². The van der Waals surface area contributed by atoms with Crippen molar-refractivity contribution in [3.63, 3.8) is 0 Å². The smallest absolute Gasteiger partial charge is 0.387 e. The molecule has 0 aromatic heterocycles. The third kappa shape index (κ3) is 4.35. The first-order chi connectivity index (χ1) is 11.3. The predicted octanol–water partition coefficient (Wildman–Crippen LogP) is 3.64. The normalized spacial score (nSPS) is 11.8. The topological polar surface area (TPSA) is 86.5 Å². The van der Waals surface area contributed by atoms with Gasteiger partial charge in [-0.05, 0) is 24.3 Å². The van der Waals surface area contributed by atoms with Gasteiger partial charge in [0.15, 0.2) is 9.84 Å². The van der Waals surface area contributed by atoms with Crippen molar-refractivity contribution in [1.82, 2.24) is 0 Å². The highest BCUT2D eigenvalue weighted by Crippen LogP contribution is 2.23. The molecule has 0 saturated heterocycles. The fourth-order valence-corrected chi connectivity index (χ4v) is 2.82. The van der Waals surface area contributed by atoms with E-state index in [-0.39, 0.29) is 21.9 Å². The van der Waals surface area contributed by atoms with Gasteiger partial charge in [-0.3, -0.25) is 10.1 Å². The van der Waals surface area contributed by atoms with Crippen LogP contribution in [0.1, 0.15) is 5.56 Å². The van der Waals surface area contributed by atoms with Crippen LogP contribution in [0.15, 0.2) is 58.8 Å². The molecule has 0 fully saturated rings. The van der Waals surface area contributed by atoms with Gasteiger partial charge in [0.1, 0.15) is 5.75 Å². The fourth-order valence-electron chi connectivity index (χ4n) is 1.82. The first-order valence-electron chi connectivity index (χ1n) is 6.51.